The molecule has 1 aliphatic rings. The predicted octanol–water partition coefficient (Wildman–Crippen LogP) is 2.54. The highest BCUT2D eigenvalue weighted by Crippen LogP contribution is 2.27. The second-order valence-electron chi connectivity index (χ2n) is 8.28. The first-order valence-corrected chi connectivity index (χ1v) is 10.5. The second kappa shape index (κ2) is 8.19. The highest BCUT2D eigenvalue weighted by molar-refractivity contribution is 5.97. The van der Waals surface area contributed by atoms with Crippen molar-refractivity contribution in [1.29, 1.82) is 0 Å². The molecule has 2 N–H and O–H groups in total. The molecule has 1 fully saturated rings. The van der Waals surface area contributed by atoms with Gasteiger partial charge in [0, 0.05) is 47.1 Å². The van der Waals surface area contributed by atoms with Gasteiger partial charge in [-0.2, -0.15) is 5.10 Å². The van der Waals surface area contributed by atoms with E-state index in [-0.39, 0.29) is 24.8 Å². The fourth-order valence-electron chi connectivity index (χ4n) is 4.19. The topological polar surface area (TPSA) is 92.2 Å². The van der Waals surface area contributed by atoms with Gasteiger partial charge >= 0.3 is 0 Å². The number of aromatic amines is 1. The molecule has 0 radical (unpaired) electrons. The van der Waals surface area contributed by atoms with Crippen LogP contribution in [-0.2, 0) is 27.8 Å². The monoisotopic (exact) mass is 423 g/mol. The van der Waals surface area contributed by atoms with Crippen molar-refractivity contribution in [3.8, 4) is 0 Å². The van der Waals surface area contributed by atoms with E-state index in [1.807, 2.05) is 39.1 Å². The van der Waals surface area contributed by atoms with Crippen LogP contribution in [0.3, 0.4) is 0 Å². The quantitative estimate of drug-likeness (QED) is 0.675. The van der Waals surface area contributed by atoms with Crippen LogP contribution < -0.4 is 5.32 Å². The van der Waals surface area contributed by atoms with Crippen LogP contribution >= 0.6 is 0 Å². The number of anilines is 1. The lowest BCUT2D eigenvalue weighted by atomic mass is 10.1. The molecule has 8 heteroatoms. The number of ether oxygens (including phenoxy) is 1. The van der Waals surface area contributed by atoms with Crippen molar-refractivity contribution in [2.45, 2.75) is 40.2 Å². The maximum absolute atomic E-state index is 12.9. The standard InChI is InChI=1S/C23H29N5O3/c1-13-16(4)27(5)20-7-6-17(10-18(13)20)24-23(30)21-12-28(8-9-31-21)22(29)11-19-14(2)25-26-15(19)3/h6-7,10,21H,8-9,11-12H2,1-5H3,(H,24,30)(H,25,26). The van der Waals surface area contributed by atoms with Gasteiger partial charge in [0.15, 0.2) is 6.10 Å². The number of morpholine rings is 1. The Balaban J connectivity index is 1.43. The van der Waals surface area contributed by atoms with E-state index in [2.05, 4.69) is 33.9 Å². The fourth-order valence-corrected chi connectivity index (χ4v) is 4.19. The van der Waals surface area contributed by atoms with E-state index in [4.69, 9.17) is 4.74 Å². The molecule has 1 saturated heterocycles. The molecule has 164 valence electrons. The van der Waals surface area contributed by atoms with Crippen LogP contribution in [0, 0.1) is 27.7 Å². The number of amides is 2. The Hall–Kier alpha value is -3.13. The maximum atomic E-state index is 12.9. The molecule has 1 aliphatic heterocycles. The molecule has 1 aromatic carbocycles. The number of benzene rings is 1. The molecule has 8 nitrogen and oxygen atoms in total. The fraction of sp³-hybridized carbons (Fsp3) is 0.435. The van der Waals surface area contributed by atoms with E-state index >= 15 is 0 Å². The molecule has 4 rings (SSSR count). The number of fused-ring (bicyclic) bond motifs is 1. The van der Waals surface area contributed by atoms with Crippen LogP contribution in [0.25, 0.3) is 10.9 Å². The SMILES string of the molecule is Cc1n[nH]c(C)c1CC(=O)N1CCOC(C(=O)Nc2ccc3c(c2)c(C)c(C)n3C)C1. The molecule has 31 heavy (non-hydrogen) atoms. The lowest BCUT2D eigenvalue weighted by Gasteiger charge is -2.32. The summed E-state index contributed by atoms with van der Waals surface area (Å²) >= 11 is 0. The molecule has 0 spiro atoms. The Kier molecular flexibility index (Phi) is 5.58. The van der Waals surface area contributed by atoms with Crippen LogP contribution in [0.5, 0.6) is 0 Å². The van der Waals surface area contributed by atoms with Crippen molar-refractivity contribution in [3.63, 3.8) is 0 Å². The van der Waals surface area contributed by atoms with Crippen LogP contribution in [0.4, 0.5) is 5.69 Å². The Morgan fingerprint density at radius 1 is 1.26 bits per heavy atom. The Morgan fingerprint density at radius 2 is 2.03 bits per heavy atom. The summed E-state index contributed by atoms with van der Waals surface area (Å²) in [5.41, 5.74) is 6.90. The first kappa shape index (κ1) is 21.1. The minimum absolute atomic E-state index is 0.0227. The Morgan fingerprint density at radius 3 is 2.74 bits per heavy atom. The van der Waals surface area contributed by atoms with Crippen molar-refractivity contribution in [1.82, 2.24) is 19.7 Å². The maximum Gasteiger partial charge on any atom is 0.255 e. The summed E-state index contributed by atoms with van der Waals surface area (Å²) in [6.07, 6.45) is -0.426. The third-order valence-electron chi connectivity index (χ3n) is 6.40. The molecular formula is C23H29N5O3. The normalized spacial score (nSPS) is 16.7. The summed E-state index contributed by atoms with van der Waals surface area (Å²) in [5, 5.41) is 11.1. The van der Waals surface area contributed by atoms with E-state index in [1.165, 1.54) is 11.3 Å². The van der Waals surface area contributed by atoms with Gasteiger partial charge in [-0.05, 0) is 51.5 Å². The number of H-pyrrole nitrogens is 1. The summed E-state index contributed by atoms with van der Waals surface area (Å²) in [4.78, 5) is 27.4. The van der Waals surface area contributed by atoms with Crippen LogP contribution in [0.1, 0.15) is 28.2 Å². The Labute approximate surface area is 181 Å². The van der Waals surface area contributed by atoms with E-state index in [0.717, 1.165) is 33.5 Å². The summed E-state index contributed by atoms with van der Waals surface area (Å²) in [6, 6.07) is 5.90. The van der Waals surface area contributed by atoms with Gasteiger partial charge < -0.3 is 19.5 Å². The van der Waals surface area contributed by atoms with Crippen molar-refractivity contribution in [3.05, 3.63) is 46.4 Å². The van der Waals surface area contributed by atoms with Gasteiger partial charge in [0.25, 0.3) is 5.91 Å². The predicted molar refractivity (Wildman–Crippen MR) is 119 cm³/mol. The zero-order chi connectivity index (χ0) is 22.3. The molecule has 2 aromatic heterocycles. The third kappa shape index (κ3) is 3.95. The minimum Gasteiger partial charge on any atom is -0.365 e. The van der Waals surface area contributed by atoms with Crippen LogP contribution in [0.15, 0.2) is 18.2 Å². The van der Waals surface area contributed by atoms with E-state index < -0.39 is 6.10 Å². The van der Waals surface area contributed by atoms with Crippen molar-refractivity contribution < 1.29 is 14.3 Å². The van der Waals surface area contributed by atoms with Crippen molar-refractivity contribution >= 4 is 28.4 Å². The number of carbonyl (C=O) groups excluding carboxylic acids is 2. The molecule has 1 atom stereocenters. The van der Waals surface area contributed by atoms with Gasteiger partial charge in [-0.25, -0.2) is 0 Å². The zero-order valence-corrected chi connectivity index (χ0v) is 18.7. The van der Waals surface area contributed by atoms with Crippen molar-refractivity contribution in [2.24, 2.45) is 7.05 Å². The zero-order valence-electron chi connectivity index (χ0n) is 18.7. The van der Waals surface area contributed by atoms with E-state index in [1.54, 1.807) is 4.90 Å². The average Bonchev–Trinajstić information content (AvgIpc) is 3.19. The third-order valence-corrected chi connectivity index (χ3v) is 6.40. The van der Waals surface area contributed by atoms with Crippen molar-refractivity contribution in [2.75, 3.05) is 25.0 Å². The van der Waals surface area contributed by atoms with E-state index in [0.29, 0.717) is 13.2 Å². The van der Waals surface area contributed by atoms with Crippen LogP contribution in [-0.4, -0.2) is 57.3 Å². The molecule has 1 unspecified atom stereocenters. The van der Waals surface area contributed by atoms with Gasteiger partial charge in [-0.1, -0.05) is 0 Å². The minimum atomic E-state index is -0.696. The smallest absolute Gasteiger partial charge is 0.255 e. The molecule has 0 aliphatic carbocycles. The first-order chi connectivity index (χ1) is 14.8. The lowest BCUT2D eigenvalue weighted by molar-refractivity contribution is -0.144. The number of hydrogen-bond acceptors (Lipinski definition) is 4. The molecule has 0 saturated carbocycles. The van der Waals surface area contributed by atoms with Gasteiger partial charge in [0.05, 0.1) is 25.3 Å². The van der Waals surface area contributed by atoms with E-state index in [9.17, 15) is 9.59 Å². The number of nitrogens with one attached hydrogen (secondary N) is 2. The van der Waals surface area contributed by atoms with Gasteiger partial charge in [0.1, 0.15) is 0 Å². The lowest BCUT2D eigenvalue weighted by Crippen LogP contribution is -2.50. The molecule has 0 bridgehead atoms. The summed E-state index contributed by atoms with van der Waals surface area (Å²) in [7, 11) is 2.04. The van der Waals surface area contributed by atoms with Crippen LogP contribution in [0.2, 0.25) is 0 Å². The van der Waals surface area contributed by atoms with Gasteiger partial charge in [-0.15, -0.1) is 0 Å². The summed E-state index contributed by atoms with van der Waals surface area (Å²) < 4.78 is 7.83. The number of aromatic nitrogens is 3. The number of aryl methyl sites for hydroxylation is 4. The molecule has 3 heterocycles. The molecular weight excluding hydrogens is 394 g/mol. The summed E-state index contributed by atoms with van der Waals surface area (Å²) in [5.74, 6) is -0.261. The van der Waals surface area contributed by atoms with Gasteiger partial charge in [-0.3, -0.25) is 14.7 Å². The summed E-state index contributed by atoms with van der Waals surface area (Å²) in [6.45, 7) is 9.02. The highest BCUT2D eigenvalue weighted by atomic mass is 16.5. The number of hydrogen-bond donors (Lipinski definition) is 2. The highest BCUT2D eigenvalue weighted by Gasteiger charge is 2.30. The number of rotatable bonds is 4. The second-order valence-corrected chi connectivity index (χ2v) is 8.28. The first-order valence-electron chi connectivity index (χ1n) is 10.5. The average molecular weight is 424 g/mol. The molecule has 3 aromatic rings. The number of carbonyl (C=O) groups is 2. The van der Waals surface area contributed by atoms with Gasteiger partial charge in [0.2, 0.25) is 5.91 Å². The Bertz CT molecular complexity index is 1140. The number of nitrogens with zero attached hydrogens (tertiary/aromatic N) is 3. The largest absolute Gasteiger partial charge is 0.365 e. The molecule has 2 amide bonds.